The highest BCUT2D eigenvalue weighted by Crippen LogP contribution is 2.20. The number of hydrogen-bond acceptors (Lipinski definition) is 8. The van der Waals surface area contributed by atoms with E-state index in [4.69, 9.17) is 0 Å². The maximum Gasteiger partial charge on any atom is 0.337 e. The van der Waals surface area contributed by atoms with Crippen LogP contribution < -0.4 is 10.9 Å². The maximum absolute atomic E-state index is 12.4. The number of amides is 1. The van der Waals surface area contributed by atoms with Crippen LogP contribution >= 0.6 is 11.8 Å². The van der Waals surface area contributed by atoms with Gasteiger partial charge in [-0.25, -0.2) is 14.6 Å². The van der Waals surface area contributed by atoms with Gasteiger partial charge in [-0.1, -0.05) is 42.1 Å². The summed E-state index contributed by atoms with van der Waals surface area (Å²) in [4.78, 5) is 55.2. The first kappa shape index (κ1) is 22.8. The van der Waals surface area contributed by atoms with E-state index in [0.717, 1.165) is 17.3 Å². The normalized spacial score (nSPS) is 10.3. The quantitative estimate of drug-likeness (QED) is 0.318. The average molecular weight is 453 g/mol. The molecule has 3 aromatic rings. The Bertz CT molecular complexity index is 1180. The van der Waals surface area contributed by atoms with Crippen LogP contribution in [0, 0.1) is 0 Å². The standard InChI is InChI=1S/C22H19N3O6S/c1-30-20(28)14-8-15(21(29)31-2)10-16(9-14)23-19(27)12-32-22-24-17(11-18(26)25-22)13-6-4-3-5-7-13/h3-11H,12H2,1-2H3,(H,23,27)(H,24,25,26). The van der Waals surface area contributed by atoms with E-state index in [1.807, 2.05) is 30.3 Å². The Balaban J connectivity index is 1.74. The molecule has 0 fully saturated rings. The van der Waals surface area contributed by atoms with Gasteiger partial charge in [-0.05, 0) is 18.2 Å². The zero-order valence-electron chi connectivity index (χ0n) is 17.2. The molecule has 0 saturated carbocycles. The molecule has 1 amide bonds. The maximum atomic E-state index is 12.4. The number of H-pyrrole nitrogens is 1. The van der Waals surface area contributed by atoms with Crippen LogP contribution in [0.15, 0.2) is 64.5 Å². The van der Waals surface area contributed by atoms with Crippen LogP contribution in [0.2, 0.25) is 0 Å². The number of methoxy groups -OCH3 is 2. The number of aromatic amines is 1. The van der Waals surface area contributed by atoms with Crippen molar-refractivity contribution in [2.45, 2.75) is 5.16 Å². The predicted molar refractivity (Wildman–Crippen MR) is 119 cm³/mol. The van der Waals surface area contributed by atoms with Crippen molar-refractivity contribution in [1.82, 2.24) is 9.97 Å². The van der Waals surface area contributed by atoms with Gasteiger partial charge in [-0.15, -0.1) is 0 Å². The van der Waals surface area contributed by atoms with Crippen molar-refractivity contribution in [2.24, 2.45) is 0 Å². The highest BCUT2D eigenvalue weighted by atomic mass is 32.2. The molecule has 10 heteroatoms. The minimum absolute atomic E-state index is 0.0722. The van der Waals surface area contributed by atoms with Gasteiger partial charge in [0, 0.05) is 17.3 Å². The van der Waals surface area contributed by atoms with E-state index in [2.05, 4.69) is 24.8 Å². The van der Waals surface area contributed by atoms with Crippen LogP contribution in [-0.4, -0.2) is 47.8 Å². The third kappa shape index (κ3) is 5.82. The van der Waals surface area contributed by atoms with E-state index in [1.54, 1.807) is 0 Å². The number of thioether (sulfide) groups is 1. The van der Waals surface area contributed by atoms with Crippen molar-refractivity contribution in [2.75, 3.05) is 25.3 Å². The highest BCUT2D eigenvalue weighted by molar-refractivity contribution is 7.99. The van der Waals surface area contributed by atoms with E-state index < -0.39 is 17.8 Å². The van der Waals surface area contributed by atoms with Gasteiger partial charge in [-0.3, -0.25) is 9.59 Å². The van der Waals surface area contributed by atoms with Gasteiger partial charge in [0.2, 0.25) is 5.91 Å². The van der Waals surface area contributed by atoms with Crippen molar-refractivity contribution in [3.8, 4) is 11.3 Å². The number of ether oxygens (including phenoxy) is 2. The Labute approximate surface area is 187 Å². The Hall–Kier alpha value is -3.92. The molecule has 0 aliphatic carbocycles. The zero-order chi connectivity index (χ0) is 23.1. The number of nitrogens with one attached hydrogen (secondary N) is 2. The Morgan fingerprint density at radius 1 is 0.969 bits per heavy atom. The lowest BCUT2D eigenvalue weighted by Crippen LogP contribution is -2.17. The molecule has 0 spiro atoms. The summed E-state index contributed by atoms with van der Waals surface area (Å²) >= 11 is 1.04. The van der Waals surface area contributed by atoms with Crippen LogP contribution in [0.4, 0.5) is 5.69 Å². The predicted octanol–water partition coefficient (Wildman–Crippen LogP) is 2.74. The lowest BCUT2D eigenvalue weighted by atomic mass is 10.1. The van der Waals surface area contributed by atoms with Gasteiger partial charge in [-0.2, -0.15) is 0 Å². The monoisotopic (exact) mass is 453 g/mol. The van der Waals surface area contributed by atoms with Gasteiger partial charge in [0.25, 0.3) is 5.56 Å². The molecule has 164 valence electrons. The molecule has 1 aromatic heterocycles. The summed E-state index contributed by atoms with van der Waals surface area (Å²) in [5.41, 5.74) is 1.32. The molecule has 9 nitrogen and oxygen atoms in total. The van der Waals surface area contributed by atoms with E-state index in [0.29, 0.717) is 5.69 Å². The zero-order valence-corrected chi connectivity index (χ0v) is 18.0. The molecular weight excluding hydrogens is 434 g/mol. The first-order chi connectivity index (χ1) is 15.4. The number of esters is 2. The van der Waals surface area contributed by atoms with Crippen LogP contribution in [0.1, 0.15) is 20.7 Å². The lowest BCUT2D eigenvalue weighted by Gasteiger charge is -2.09. The van der Waals surface area contributed by atoms with E-state index in [-0.39, 0.29) is 33.3 Å². The minimum atomic E-state index is -0.667. The number of nitrogens with zero attached hydrogens (tertiary/aromatic N) is 1. The number of carbonyl (C=O) groups excluding carboxylic acids is 3. The van der Waals surface area contributed by atoms with Gasteiger partial charge in [0.15, 0.2) is 5.16 Å². The van der Waals surface area contributed by atoms with Crippen molar-refractivity contribution in [3.63, 3.8) is 0 Å². The minimum Gasteiger partial charge on any atom is -0.465 e. The molecule has 0 saturated heterocycles. The summed E-state index contributed by atoms with van der Waals surface area (Å²) in [6.45, 7) is 0. The van der Waals surface area contributed by atoms with Crippen LogP contribution in [0.3, 0.4) is 0 Å². The molecule has 0 atom stereocenters. The van der Waals surface area contributed by atoms with Crippen LogP contribution in [0.25, 0.3) is 11.3 Å². The molecule has 3 rings (SSSR count). The molecule has 32 heavy (non-hydrogen) atoms. The van der Waals surface area contributed by atoms with Crippen LogP contribution in [-0.2, 0) is 14.3 Å². The van der Waals surface area contributed by atoms with E-state index in [9.17, 15) is 19.2 Å². The fourth-order valence-corrected chi connectivity index (χ4v) is 3.44. The SMILES string of the molecule is COC(=O)c1cc(NC(=O)CSc2nc(-c3ccccc3)cc(=O)[nH]2)cc(C(=O)OC)c1. The van der Waals surface area contributed by atoms with Gasteiger partial charge >= 0.3 is 11.9 Å². The highest BCUT2D eigenvalue weighted by Gasteiger charge is 2.15. The van der Waals surface area contributed by atoms with Gasteiger partial charge in [0.05, 0.1) is 36.8 Å². The number of hydrogen-bond donors (Lipinski definition) is 2. The molecular formula is C22H19N3O6S. The number of rotatable bonds is 7. The Morgan fingerprint density at radius 2 is 1.59 bits per heavy atom. The number of aromatic nitrogens is 2. The Kier molecular flexibility index (Phi) is 7.40. The summed E-state index contributed by atoms with van der Waals surface area (Å²) in [6, 6.07) is 14.7. The second-order valence-electron chi connectivity index (χ2n) is 6.42. The number of benzene rings is 2. The first-order valence-electron chi connectivity index (χ1n) is 9.30. The third-order valence-corrected chi connectivity index (χ3v) is 5.06. The number of anilines is 1. The van der Waals surface area contributed by atoms with Crippen molar-refractivity contribution >= 4 is 35.3 Å². The summed E-state index contributed by atoms with van der Waals surface area (Å²) in [6.07, 6.45) is 0. The molecule has 2 aromatic carbocycles. The van der Waals surface area contributed by atoms with Gasteiger partial charge in [0.1, 0.15) is 0 Å². The van der Waals surface area contributed by atoms with Crippen LogP contribution in [0.5, 0.6) is 0 Å². The van der Waals surface area contributed by atoms with E-state index in [1.165, 1.54) is 38.5 Å². The summed E-state index contributed by atoms with van der Waals surface area (Å²) < 4.78 is 9.36. The molecule has 0 bridgehead atoms. The summed E-state index contributed by atoms with van der Waals surface area (Å²) in [5.74, 6) is -1.84. The largest absolute Gasteiger partial charge is 0.465 e. The van der Waals surface area contributed by atoms with Gasteiger partial charge < -0.3 is 19.8 Å². The van der Waals surface area contributed by atoms with E-state index >= 15 is 0 Å². The molecule has 1 heterocycles. The molecule has 0 radical (unpaired) electrons. The number of carbonyl (C=O) groups is 3. The molecule has 0 aliphatic heterocycles. The topological polar surface area (TPSA) is 127 Å². The third-order valence-electron chi connectivity index (χ3n) is 4.19. The molecule has 2 N–H and O–H groups in total. The first-order valence-corrected chi connectivity index (χ1v) is 10.3. The summed E-state index contributed by atoms with van der Waals surface area (Å²) in [5, 5.41) is 2.90. The fraction of sp³-hybridized carbons (Fsp3) is 0.136. The fourth-order valence-electron chi connectivity index (χ4n) is 2.76. The second-order valence-corrected chi connectivity index (χ2v) is 7.38. The van der Waals surface area contributed by atoms with Crippen molar-refractivity contribution < 1.29 is 23.9 Å². The molecule has 0 unspecified atom stereocenters. The molecule has 0 aliphatic rings. The van der Waals surface area contributed by atoms with Crippen molar-refractivity contribution in [1.29, 1.82) is 0 Å². The van der Waals surface area contributed by atoms with Crippen molar-refractivity contribution in [3.05, 3.63) is 76.1 Å². The second kappa shape index (κ2) is 10.4. The summed E-state index contributed by atoms with van der Waals surface area (Å²) in [7, 11) is 2.42. The lowest BCUT2D eigenvalue weighted by molar-refractivity contribution is -0.113. The average Bonchev–Trinajstić information content (AvgIpc) is 2.81. The Morgan fingerprint density at radius 3 is 2.19 bits per heavy atom. The smallest absolute Gasteiger partial charge is 0.337 e.